The van der Waals surface area contributed by atoms with Crippen LogP contribution in [0.2, 0.25) is 0 Å². The Balaban J connectivity index is 1.61. The smallest absolute Gasteiger partial charge is 0.268 e. The summed E-state index contributed by atoms with van der Waals surface area (Å²) >= 11 is 0. The topological polar surface area (TPSA) is 51.5 Å². The van der Waals surface area contributed by atoms with Crippen molar-refractivity contribution in [3.8, 4) is 5.69 Å². The molecular weight excluding hydrogens is 388 g/mol. The van der Waals surface area contributed by atoms with Crippen LogP contribution in [0.4, 0.5) is 0 Å². The lowest BCUT2D eigenvalue weighted by Gasteiger charge is -2.42. The molecule has 0 aliphatic carbocycles. The molecule has 5 nitrogen and oxygen atoms in total. The van der Waals surface area contributed by atoms with E-state index in [2.05, 4.69) is 32.9 Å². The van der Waals surface area contributed by atoms with E-state index in [1.54, 1.807) is 10.8 Å². The molecule has 164 valence electrons. The van der Waals surface area contributed by atoms with Gasteiger partial charge in [0.15, 0.2) is 0 Å². The molecule has 0 unspecified atom stereocenters. The lowest BCUT2D eigenvalue weighted by molar-refractivity contribution is -0.0522. The zero-order chi connectivity index (χ0) is 22.2. The SMILES string of the molecule is CC1=CC2(CCN(C(=O)c3c(C)ccn(-c4cccc(C(C)C)c4)c3=O)CC2)OCC1. The van der Waals surface area contributed by atoms with Crippen molar-refractivity contribution in [3.63, 3.8) is 0 Å². The highest BCUT2D eigenvalue weighted by Crippen LogP contribution is 2.33. The highest BCUT2D eigenvalue weighted by molar-refractivity contribution is 5.95. The van der Waals surface area contributed by atoms with E-state index < -0.39 is 0 Å². The second kappa shape index (κ2) is 8.46. The van der Waals surface area contributed by atoms with Gasteiger partial charge in [0.05, 0.1) is 12.2 Å². The first-order valence-electron chi connectivity index (χ1n) is 11.2. The van der Waals surface area contributed by atoms with Gasteiger partial charge in [-0.15, -0.1) is 0 Å². The van der Waals surface area contributed by atoms with E-state index in [9.17, 15) is 9.59 Å². The molecule has 0 saturated carbocycles. The molecule has 0 bridgehead atoms. The Morgan fingerprint density at radius 2 is 1.87 bits per heavy atom. The lowest BCUT2D eigenvalue weighted by Crippen LogP contribution is -2.49. The van der Waals surface area contributed by atoms with E-state index in [0.29, 0.717) is 19.0 Å². The molecule has 2 aliphatic rings. The molecule has 0 N–H and O–H groups in total. The van der Waals surface area contributed by atoms with Crippen LogP contribution >= 0.6 is 0 Å². The van der Waals surface area contributed by atoms with Crippen molar-refractivity contribution in [2.45, 2.75) is 58.5 Å². The van der Waals surface area contributed by atoms with Gasteiger partial charge in [-0.25, -0.2) is 0 Å². The highest BCUT2D eigenvalue weighted by atomic mass is 16.5. The summed E-state index contributed by atoms with van der Waals surface area (Å²) in [6.45, 7) is 10.2. The van der Waals surface area contributed by atoms with Gasteiger partial charge in [0.25, 0.3) is 11.5 Å². The first-order chi connectivity index (χ1) is 14.8. The van der Waals surface area contributed by atoms with Crippen molar-refractivity contribution in [1.29, 1.82) is 0 Å². The minimum Gasteiger partial charge on any atom is -0.370 e. The Kier molecular flexibility index (Phi) is 5.89. The molecule has 0 atom stereocenters. The normalized spacial score (nSPS) is 18.4. The molecule has 31 heavy (non-hydrogen) atoms. The molecule has 1 spiro atoms. The van der Waals surface area contributed by atoms with Crippen LogP contribution < -0.4 is 5.56 Å². The Hall–Kier alpha value is -2.66. The van der Waals surface area contributed by atoms with E-state index in [1.807, 2.05) is 36.1 Å². The molecule has 4 rings (SSSR count). The Bertz CT molecular complexity index is 1070. The standard InChI is InChI=1S/C26H32N2O3/c1-18(2)21-6-5-7-22(16-21)28-12-8-20(4)23(25(28)30)24(29)27-13-10-26(11-14-27)17-19(3)9-15-31-26/h5-8,12,16-18H,9-11,13-15H2,1-4H3. The number of nitrogens with zero attached hydrogens (tertiary/aromatic N) is 2. The summed E-state index contributed by atoms with van der Waals surface area (Å²) in [4.78, 5) is 28.6. The zero-order valence-corrected chi connectivity index (χ0v) is 19.0. The molecule has 1 aromatic carbocycles. The average molecular weight is 421 g/mol. The highest BCUT2D eigenvalue weighted by Gasteiger charge is 2.37. The number of hydrogen-bond acceptors (Lipinski definition) is 3. The third-order valence-electron chi connectivity index (χ3n) is 6.62. The minimum absolute atomic E-state index is 0.178. The van der Waals surface area contributed by atoms with Crippen molar-refractivity contribution in [1.82, 2.24) is 9.47 Å². The van der Waals surface area contributed by atoms with E-state index >= 15 is 0 Å². The number of hydrogen-bond donors (Lipinski definition) is 0. The monoisotopic (exact) mass is 420 g/mol. The molecule has 1 saturated heterocycles. The van der Waals surface area contributed by atoms with Gasteiger partial charge >= 0.3 is 0 Å². The molecule has 5 heteroatoms. The molecule has 2 aliphatic heterocycles. The maximum absolute atomic E-state index is 13.4. The summed E-state index contributed by atoms with van der Waals surface area (Å²) in [7, 11) is 0. The predicted molar refractivity (Wildman–Crippen MR) is 123 cm³/mol. The minimum atomic E-state index is -0.254. The predicted octanol–water partition coefficient (Wildman–Crippen LogP) is 4.61. The number of benzene rings is 1. The van der Waals surface area contributed by atoms with Gasteiger partial charge in [-0.05, 0) is 68.4 Å². The van der Waals surface area contributed by atoms with Crippen LogP contribution in [-0.2, 0) is 4.74 Å². The third kappa shape index (κ3) is 4.24. The maximum atomic E-state index is 13.4. The summed E-state index contributed by atoms with van der Waals surface area (Å²) in [5, 5.41) is 0. The van der Waals surface area contributed by atoms with Crippen molar-refractivity contribution in [3.05, 3.63) is 75.2 Å². The van der Waals surface area contributed by atoms with Gasteiger partial charge in [-0.1, -0.05) is 37.6 Å². The van der Waals surface area contributed by atoms with Crippen LogP contribution in [0.5, 0.6) is 0 Å². The molecule has 1 aromatic heterocycles. The first-order valence-corrected chi connectivity index (χ1v) is 11.2. The lowest BCUT2D eigenvalue weighted by atomic mass is 9.86. The van der Waals surface area contributed by atoms with Gasteiger partial charge in [-0.3, -0.25) is 14.2 Å². The number of piperidine rings is 1. The van der Waals surface area contributed by atoms with Crippen molar-refractivity contribution in [2.24, 2.45) is 0 Å². The number of carbonyl (C=O) groups is 1. The van der Waals surface area contributed by atoms with Gasteiger partial charge in [0.1, 0.15) is 5.56 Å². The van der Waals surface area contributed by atoms with Crippen molar-refractivity contribution < 1.29 is 9.53 Å². The fourth-order valence-corrected chi connectivity index (χ4v) is 4.64. The molecule has 2 aromatic rings. The van der Waals surface area contributed by atoms with Crippen LogP contribution in [0.3, 0.4) is 0 Å². The summed E-state index contributed by atoms with van der Waals surface area (Å²) in [6.07, 6.45) is 6.52. The summed E-state index contributed by atoms with van der Waals surface area (Å²) in [6, 6.07) is 9.82. The number of ether oxygens (including phenoxy) is 1. The van der Waals surface area contributed by atoms with E-state index in [-0.39, 0.29) is 22.6 Å². The summed E-state index contributed by atoms with van der Waals surface area (Å²) in [5.74, 6) is 0.186. The van der Waals surface area contributed by atoms with Gasteiger partial charge in [0, 0.05) is 25.0 Å². The Morgan fingerprint density at radius 1 is 1.13 bits per heavy atom. The quantitative estimate of drug-likeness (QED) is 0.682. The zero-order valence-electron chi connectivity index (χ0n) is 19.0. The van der Waals surface area contributed by atoms with E-state index in [0.717, 1.165) is 42.7 Å². The van der Waals surface area contributed by atoms with E-state index in [1.165, 1.54) is 5.57 Å². The number of carbonyl (C=O) groups excluding carboxylic acids is 1. The fourth-order valence-electron chi connectivity index (χ4n) is 4.64. The molecule has 3 heterocycles. The van der Waals surface area contributed by atoms with E-state index in [4.69, 9.17) is 4.74 Å². The van der Waals surface area contributed by atoms with Crippen LogP contribution in [0.25, 0.3) is 5.69 Å². The maximum Gasteiger partial charge on any atom is 0.268 e. The first kappa shape index (κ1) is 21.6. The van der Waals surface area contributed by atoms with Crippen LogP contribution in [-0.4, -0.2) is 40.7 Å². The number of rotatable bonds is 3. The van der Waals surface area contributed by atoms with Gasteiger partial charge < -0.3 is 9.64 Å². The number of aromatic nitrogens is 1. The molecule has 1 fully saturated rings. The van der Waals surface area contributed by atoms with Crippen LogP contribution in [0.1, 0.15) is 67.4 Å². The average Bonchev–Trinajstić information content (AvgIpc) is 2.74. The van der Waals surface area contributed by atoms with Crippen molar-refractivity contribution >= 4 is 5.91 Å². The van der Waals surface area contributed by atoms with Crippen molar-refractivity contribution in [2.75, 3.05) is 19.7 Å². The second-order valence-corrected chi connectivity index (χ2v) is 9.24. The third-order valence-corrected chi connectivity index (χ3v) is 6.62. The molecule has 1 amide bonds. The fraction of sp³-hybridized carbons (Fsp3) is 0.462. The number of amides is 1. The van der Waals surface area contributed by atoms with Crippen LogP contribution in [0, 0.1) is 6.92 Å². The van der Waals surface area contributed by atoms with Crippen LogP contribution in [0.15, 0.2) is 53.0 Å². The largest absolute Gasteiger partial charge is 0.370 e. The number of pyridine rings is 1. The molecule has 0 radical (unpaired) electrons. The van der Waals surface area contributed by atoms with Gasteiger partial charge in [0.2, 0.25) is 0 Å². The molecular formula is C26H32N2O3. The summed E-state index contributed by atoms with van der Waals surface area (Å²) < 4.78 is 7.68. The number of aryl methyl sites for hydroxylation is 1. The van der Waals surface area contributed by atoms with Gasteiger partial charge in [-0.2, -0.15) is 0 Å². The second-order valence-electron chi connectivity index (χ2n) is 9.24. The summed E-state index contributed by atoms with van der Waals surface area (Å²) in [5.41, 5.74) is 3.80. The number of likely N-dealkylation sites (tertiary alicyclic amines) is 1. The Labute approximate surface area is 184 Å². The Morgan fingerprint density at radius 3 is 2.55 bits per heavy atom.